The van der Waals surface area contributed by atoms with Crippen molar-refractivity contribution in [2.45, 2.75) is 46.4 Å². The molecular formula is C20H25N2O7P. The number of carbonyl (C=O) groups is 2. The molecule has 2 aromatic rings. The molecule has 0 bridgehead atoms. The predicted molar refractivity (Wildman–Crippen MR) is 109 cm³/mol. The third kappa shape index (κ3) is 6.38. The number of aldehydes is 1. The van der Waals surface area contributed by atoms with Gasteiger partial charge >= 0.3 is 13.7 Å². The van der Waals surface area contributed by atoms with Crippen molar-refractivity contribution >= 4 is 20.0 Å². The summed E-state index contributed by atoms with van der Waals surface area (Å²) in [5, 5.41) is 12.6. The van der Waals surface area contributed by atoms with Gasteiger partial charge in [-0.25, -0.2) is 4.57 Å². The molecule has 0 amide bonds. The van der Waals surface area contributed by atoms with Gasteiger partial charge in [-0.15, -0.1) is 0 Å². The van der Waals surface area contributed by atoms with Crippen LogP contribution in [0, 0.1) is 6.92 Å². The van der Waals surface area contributed by atoms with Crippen molar-refractivity contribution < 1.29 is 33.0 Å². The zero-order chi connectivity index (χ0) is 22.3. The van der Waals surface area contributed by atoms with Gasteiger partial charge in [-0.2, -0.15) is 5.09 Å². The molecule has 0 fully saturated rings. The van der Waals surface area contributed by atoms with Crippen molar-refractivity contribution in [2.24, 2.45) is 0 Å². The van der Waals surface area contributed by atoms with Gasteiger partial charge in [-0.1, -0.05) is 18.2 Å². The summed E-state index contributed by atoms with van der Waals surface area (Å²) in [4.78, 5) is 27.5. The molecule has 0 saturated carbocycles. The molecule has 2 N–H and O–H groups in total. The van der Waals surface area contributed by atoms with Gasteiger partial charge in [-0.05, 0) is 39.8 Å². The Morgan fingerprint density at radius 2 is 1.93 bits per heavy atom. The number of benzene rings is 1. The minimum Gasteiger partial charge on any atom is -0.505 e. The Kier molecular flexibility index (Phi) is 8.11. The summed E-state index contributed by atoms with van der Waals surface area (Å²) in [6, 6.07) is 7.27. The van der Waals surface area contributed by atoms with E-state index in [1.807, 2.05) is 0 Å². The van der Waals surface area contributed by atoms with Gasteiger partial charge in [0.15, 0.2) is 6.29 Å². The Labute approximate surface area is 175 Å². The number of carbonyl (C=O) groups excluding carboxylic acids is 2. The highest BCUT2D eigenvalue weighted by molar-refractivity contribution is 7.52. The van der Waals surface area contributed by atoms with Crippen molar-refractivity contribution in [3.05, 3.63) is 53.3 Å². The zero-order valence-corrected chi connectivity index (χ0v) is 18.1. The quantitative estimate of drug-likeness (QED) is 0.327. The smallest absolute Gasteiger partial charge is 0.459 e. The molecular weight excluding hydrogens is 411 g/mol. The van der Waals surface area contributed by atoms with Gasteiger partial charge in [-0.3, -0.25) is 19.1 Å². The first-order chi connectivity index (χ1) is 14.1. The first kappa shape index (κ1) is 23.5. The molecule has 162 valence electrons. The molecule has 0 radical (unpaired) electrons. The normalized spacial score (nSPS) is 14.0. The van der Waals surface area contributed by atoms with Crippen LogP contribution < -0.4 is 9.61 Å². The van der Waals surface area contributed by atoms with Crippen LogP contribution in [0.4, 0.5) is 0 Å². The Morgan fingerprint density at radius 1 is 1.27 bits per heavy atom. The second kappa shape index (κ2) is 10.3. The van der Waals surface area contributed by atoms with Gasteiger partial charge in [0.05, 0.1) is 24.0 Å². The van der Waals surface area contributed by atoms with Crippen molar-refractivity contribution in [3.63, 3.8) is 0 Å². The maximum absolute atomic E-state index is 13.4. The van der Waals surface area contributed by atoms with Crippen LogP contribution >= 0.6 is 7.75 Å². The van der Waals surface area contributed by atoms with Crippen molar-refractivity contribution in [1.82, 2.24) is 10.1 Å². The molecule has 1 heterocycles. The van der Waals surface area contributed by atoms with Crippen LogP contribution in [-0.2, 0) is 25.2 Å². The van der Waals surface area contributed by atoms with Crippen LogP contribution in [0.3, 0.4) is 0 Å². The minimum absolute atomic E-state index is 0.0268. The highest BCUT2D eigenvalue weighted by Crippen LogP contribution is 2.46. The van der Waals surface area contributed by atoms with Gasteiger partial charge in [0, 0.05) is 11.8 Å². The van der Waals surface area contributed by atoms with Crippen LogP contribution in [0.2, 0.25) is 0 Å². The Balaban J connectivity index is 2.25. The molecule has 10 heteroatoms. The van der Waals surface area contributed by atoms with Gasteiger partial charge in [0.1, 0.15) is 17.5 Å². The molecule has 0 aliphatic carbocycles. The first-order valence-electron chi connectivity index (χ1n) is 9.25. The maximum atomic E-state index is 13.4. The number of pyridine rings is 1. The molecule has 9 nitrogen and oxygen atoms in total. The van der Waals surface area contributed by atoms with Crippen LogP contribution in [0.25, 0.3) is 0 Å². The third-order valence-electron chi connectivity index (χ3n) is 3.89. The Morgan fingerprint density at radius 3 is 2.53 bits per heavy atom. The third-order valence-corrected chi connectivity index (χ3v) is 5.52. The van der Waals surface area contributed by atoms with Gasteiger partial charge in [0.25, 0.3) is 0 Å². The Hall–Kier alpha value is -2.74. The first-order valence-corrected chi connectivity index (χ1v) is 10.8. The fraction of sp³-hybridized carbons (Fsp3) is 0.350. The number of para-hydroxylation sites is 1. The summed E-state index contributed by atoms with van der Waals surface area (Å²) in [5.41, 5.74) is 0.456. The number of hydrogen-bond acceptors (Lipinski definition) is 8. The molecule has 0 aliphatic heterocycles. The lowest BCUT2D eigenvalue weighted by atomic mass is 10.1. The number of aryl methyl sites for hydroxylation is 1. The predicted octanol–water partition coefficient (Wildman–Crippen LogP) is 3.54. The number of nitrogens with zero attached hydrogens (tertiary/aromatic N) is 1. The SMILES string of the molecule is Cc1ncc(CO[P@](=O)(N[C@@H](C)C(=O)OC(C)C)Oc2ccccc2)c(C=O)c1O. The molecule has 0 aliphatic rings. The van der Waals surface area contributed by atoms with Crippen molar-refractivity contribution in [1.29, 1.82) is 0 Å². The van der Waals surface area contributed by atoms with Crippen LogP contribution in [0.15, 0.2) is 36.5 Å². The summed E-state index contributed by atoms with van der Waals surface area (Å²) in [6.07, 6.45) is 1.44. The van der Waals surface area contributed by atoms with E-state index in [4.69, 9.17) is 13.8 Å². The largest absolute Gasteiger partial charge is 0.505 e. The number of aromatic nitrogens is 1. The van der Waals surface area contributed by atoms with Crippen molar-refractivity contribution in [2.75, 3.05) is 0 Å². The number of esters is 1. The van der Waals surface area contributed by atoms with Crippen LogP contribution in [0.1, 0.15) is 42.4 Å². The minimum atomic E-state index is -4.09. The summed E-state index contributed by atoms with van der Waals surface area (Å²) in [7, 11) is -4.09. The molecule has 2 rings (SSSR count). The molecule has 30 heavy (non-hydrogen) atoms. The molecule has 1 aromatic heterocycles. The number of nitrogens with one attached hydrogen (secondary N) is 1. The zero-order valence-electron chi connectivity index (χ0n) is 17.2. The lowest BCUT2D eigenvalue weighted by Crippen LogP contribution is -2.36. The summed E-state index contributed by atoms with van der Waals surface area (Å²) >= 11 is 0. The van der Waals surface area contributed by atoms with E-state index in [0.29, 0.717) is 6.29 Å². The fourth-order valence-corrected chi connectivity index (χ4v) is 3.86. The molecule has 2 atom stereocenters. The highest BCUT2D eigenvalue weighted by atomic mass is 31.2. The standard InChI is InChI=1S/C20H25N2O7P/c1-13(2)28-20(25)15(4)22-30(26,29-17-8-6-5-7-9-17)27-12-16-10-21-14(3)19(24)18(16)11-23/h5-11,13,15,24H,12H2,1-4H3,(H,22,26)/t15-,30+/m0/s1. The molecule has 0 unspecified atom stereocenters. The highest BCUT2D eigenvalue weighted by Gasteiger charge is 2.33. The summed E-state index contributed by atoms with van der Waals surface area (Å²) in [5.74, 6) is -0.668. The number of rotatable bonds is 10. The topological polar surface area (TPSA) is 124 Å². The van der Waals surface area contributed by atoms with Gasteiger partial charge < -0.3 is 14.4 Å². The monoisotopic (exact) mass is 436 g/mol. The van der Waals surface area contributed by atoms with E-state index in [9.17, 15) is 19.3 Å². The average molecular weight is 436 g/mol. The van der Waals surface area contributed by atoms with Crippen LogP contribution in [0.5, 0.6) is 11.5 Å². The lowest BCUT2D eigenvalue weighted by molar-refractivity contribution is -0.149. The fourth-order valence-electron chi connectivity index (χ4n) is 2.39. The molecule has 1 aromatic carbocycles. The maximum Gasteiger partial charge on any atom is 0.459 e. The van der Waals surface area contributed by atoms with E-state index in [2.05, 4.69) is 10.1 Å². The number of ether oxygens (including phenoxy) is 1. The second-order valence-electron chi connectivity index (χ2n) is 6.76. The summed E-state index contributed by atoms with van der Waals surface area (Å²) < 4.78 is 29.5. The Bertz CT molecular complexity index is 934. The molecule has 0 spiro atoms. The van der Waals surface area contributed by atoms with Gasteiger partial charge in [0.2, 0.25) is 0 Å². The van der Waals surface area contributed by atoms with Crippen LogP contribution in [-0.4, -0.2) is 34.5 Å². The van der Waals surface area contributed by atoms with E-state index >= 15 is 0 Å². The number of hydrogen-bond donors (Lipinski definition) is 2. The van der Waals surface area contributed by atoms with Crippen molar-refractivity contribution in [3.8, 4) is 11.5 Å². The van der Waals surface area contributed by atoms with E-state index in [1.54, 1.807) is 51.1 Å². The van der Waals surface area contributed by atoms with E-state index in [1.165, 1.54) is 13.1 Å². The van der Waals surface area contributed by atoms with E-state index in [0.717, 1.165) is 0 Å². The van der Waals surface area contributed by atoms with E-state index in [-0.39, 0.29) is 41.0 Å². The number of aromatic hydroxyl groups is 1. The lowest BCUT2D eigenvalue weighted by Gasteiger charge is -2.23. The molecule has 0 saturated heterocycles. The summed E-state index contributed by atoms with van der Waals surface area (Å²) in [6.45, 7) is 6.03. The van der Waals surface area contributed by atoms with E-state index < -0.39 is 19.8 Å². The second-order valence-corrected chi connectivity index (χ2v) is 8.45. The average Bonchev–Trinajstić information content (AvgIpc) is 2.69.